The van der Waals surface area contributed by atoms with Gasteiger partial charge in [-0.05, 0) is 19.8 Å². The van der Waals surface area contributed by atoms with Gasteiger partial charge in [0.05, 0.1) is 18.8 Å². The molecule has 1 atom stereocenters. The van der Waals surface area contributed by atoms with Crippen LogP contribution >= 0.6 is 0 Å². The Labute approximate surface area is 153 Å². The third-order valence-electron chi connectivity index (χ3n) is 5.45. The molecule has 2 saturated heterocycles. The molecule has 0 aromatic carbocycles. The quantitative estimate of drug-likeness (QED) is 0.774. The molecule has 1 aromatic heterocycles. The molecule has 1 aliphatic carbocycles. The van der Waals surface area contributed by atoms with E-state index in [1.54, 1.807) is 11.8 Å². The Morgan fingerprint density at radius 3 is 2.77 bits per heavy atom. The van der Waals surface area contributed by atoms with Gasteiger partial charge in [0.25, 0.3) is 0 Å². The number of ether oxygens (including phenoxy) is 1. The molecular formula is C19H25FN4O2. The topological polar surface area (TPSA) is 48.9 Å². The lowest BCUT2D eigenvalue weighted by Crippen LogP contribution is -2.60. The zero-order valence-corrected chi connectivity index (χ0v) is 15.1. The number of carbonyl (C=O) groups excluding carboxylic acids is 1. The van der Waals surface area contributed by atoms with Gasteiger partial charge in [-0.2, -0.15) is 0 Å². The number of pyridine rings is 1. The Hall–Kier alpha value is -2.15. The summed E-state index contributed by atoms with van der Waals surface area (Å²) in [6.45, 7) is 6.16. The molecule has 26 heavy (non-hydrogen) atoms. The summed E-state index contributed by atoms with van der Waals surface area (Å²) in [5, 5.41) is 0. The van der Waals surface area contributed by atoms with Crippen molar-refractivity contribution in [1.29, 1.82) is 0 Å². The van der Waals surface area contributed by atoms with E-state index >= 15 is 0 Å². The second-order valence-corrected chi connectivity index (χ2v) is 7.24. The SMILES string of the molecule is Cc1nccc(OC2CN(C(=O)N3CCCN(C4C=CC4)CC3)C2)c1F. The molecule has 3 aliphatic rings. The van der Waals surface area contributed by atoms with Crippen LogP contribution in [0.5, 0.6) is 5.75 Å². The van der Waals surface area contributed by atoms with Gasteiger partial charge in [-0.15, -0.1) is 0 Å². The fourth-order valence-corrected chi connectivity index (χ4v) is 3.65. The lowest BCUT2D eigenvalue weighted by Gasteiger charge is -2.41. The molecule has 2 fully saturated rings. The number of carbonyl (C=O) groups is 1. The molecule has 6 nitrogen and oxygen atoms in total. The van der Waals surface area contributed by atoms with Crippen molar-refractivity contribution in [3.8, 4) is 5.75 Å². The summed E-state index contributed by atoms with van der Waals surface area (Å²) in [4.78, 5) is 22.8. The first-order valence-corrected chi connectivity index (χ1v) is 9.34. The normalized spacial score (nSPS) is 24.0. The van der Waals surface area contributed by atoms with Gasteiger partial charge in [0.2, 0.25) is 0 Å². The average molecular weight is 360 g/mol. The van der Waals surface area contributed by atoms with Crippen molar-refractivity contribution in [3.05, 3.63) is 35.9 Å². The van der Waals surface area contributed by atoms with Gasteiger partial charge in [0, 0.05) is 44.5 Å². The monoisotopic (exact) mass is 360 g/mol. The van der Waals surface area contributed by atoms with Crippen molar-refractivity contribution < 1.29 is 13.9 Å². The van der Waals surface area contributed by atoms with Gasteiger partial charge < -0.3 is 14.5 Å². The Morgan fingerprint density at radius 1 is 1.23 bits per heavy atom. The zero-order chi connectivity index (χ0) is 18.1. The summed E-state index contributed by atoms with van der Waals surface area (Å²) in [7, 11) is 0. The molecule has 0 saturated carbocycles. The molecule has 140 valence electrons. The summed E-state index contributed by atoms with van der Waals surface area (Å²) >= 11 is 0. The van der Waals surface area contributed by atoms with Gasteiger partial charge in [-0.3, -0.25) is 9.88 Å². The summed E-state index contributed by atoms with van der Waals surface area (Å²) in [6, 6.07) is 2.17. The van der Waals surface area contributed by atoms with Crippen LogP contribution in [0.1, 0.15) is 18.5 Å². The van der Waals surface area contributed by atoms with Gasteiger partial charge in [-0.1, -0.05) is 12.2 Å². The highest BCUT2D eigenvalue weighted by Gasteiger charge is 2.36. The third-order valence-corrected chi connectivity index (χ3v) is 5.45. The fraction of sp³-hybridized carbons (Fsp3) is 0.579. The van der Waals surface area contributed by atoms with Crippen molar-refractivity contribution in [3.63, 3.8) is 0 Å². The van der Waals surface area contributed by atoms with Crippen molar-refractivity contribution in [2.24, 2.45) is 0 Å². The van der Waals surface area contributed by atoms with Crippen molar-refractivity contribution in [2.75, 3.05) is 39.3 Å². The molecule has 1 unspecified atom stereocenters. The maximum absolute atomic E-state index is 14.0. The lowest BCUT2D eigenvalue weighted by atomic mass is 10.0. The van der Waals surface area contributed by atoms with E-state index in [2.05, 4.69) is 22.0 Å². The Bertz CT molecular complexity index is 705. The predicted molar refractivity (Wildman–Crippen MR) is 95.6 cm³/mol. The highest BCUT2D eigenvalue weighted by molar-refractivity contribution is 5.75. The molecule has 0 N–H and O–H groups in total. The van der Waals surface area contributed by atoms with E-state index in [4.69, 9.17) is 4.74 Å². The van der Waals surface area contributed by atoms with E-state index in [0.29, 0.717) is 24.8 Å². The maximum Gasteiger partial charge on any atom is 0.320 e. The number of halogens is 1. The average Bonchev–Trinajstić information content (AvgIpc) is 2.78. The summed E-state index contributed by atoms with van der Waals surface area (Å²) in [6.07, 6.45) is 7.96. The fourth-order valence-electron chi connectivity index (χ4n) is 3.65. The highest BCUT2D eigenvalue weighted by atomic mass is 19.1. The van der Waals surface area contributed by atoms with Gasteiger partial charge in [-0.25, -0.2) is 9.18 Å². The van der Waals surface area contributed by atoms with Crippen molar-refractivity contribution in [1.82, 2.24) is 19.7 Å². The molecular weight excluding hydrogens is 335 g/mol. The van der Waals surface area contributed by atoms with Crippen LogP contribution in [-0.2, 0) is 0 Å². The summed E-state index contributed by atoms with van der Waals surface area (Å²) < 4.78 is 19.6. The second kappa shape index (κ2) is 7.23. The molecule has 3 heterocycles. The number of aryl methyl sites for hydroxylation is 1. The maximum atomic E-state index is 14.0. The highest BCUT2D eigenvalue weighted by Crippen LogP contribution is 2.24. The van der Waals surface area contributed by atoms with Crippen LogP contribution in [0.25, 0.3) is 0 Å². The molecule has 4 rings (SSSR count). The van der Waals surface area contributed by atoms with Crippen LogP contribution < -0.4 is 4.74 Å². The smallest absolute Gasteiger partial charge is 0.320 e. The van der Waals surface area contributed by atoms with Crippen LogP contribution in [0, 0.1) is 12.7 Å². The molecule has 7 heteroatoms. The number of nitrogens with zero attached hydrogens (tertiary/aromatic N) is 4. The minimum Gasteiger partial charge on any atom is -0.484 e. The molecule has 2 amide bonds. The molecule has 0 bridgehead atoms. The first-order chi connectivity index (χ1) is 12.6. The van der Waals surface area contributed by atoms with Gasteiger partial charge in [0.1, 0.15) is 6.10 Å². The van der Waals surface area contributed by atoms with E-state index in [0.717, 1.165) is 39.0 Å². The second-order valence-electron chi connectivity index (χ2n) is 7.24. The summed E-state index contributed by atoms with van der Waals surface area (Å²) in [5.74, 6) is -0.205. The standard InChI is InChI=1S/C19H25FN4O2/c1-14-18(20)17(6-7-21-14)26-16-12-24(13-16)19(25)23-9-3-8-22(10-11-23)15-4-2-5-15/h2,4,6-7,15-16H,3,5,8-13H2,1H3. The Morgan fingerprint density at radius 2 is 2.04 bits per heavy atom. The van der Waals surface area contributed by atoms with Crippen LogP contribution in [0.4, 0.5) is 9.18 Å². The number of aromatic nitrogens is 1. The van der Waals surface area contributed by atoms with Crippen molar-refractivity contribution in [2.45, 2.75) is 31.9 Å². The van der Waals surface area contributed by atoms with Gasteiger partial charge in [0.15, 0.2) is 11.6 Å². The Balaban J connectivity index is 1.26. The van der Waals surface area contributed by atoms with Crippen LogP contribution in [0.3, 0.4) is 0 Å². The predicted octanol–water partition coefficient (Wildman–Crippen LogP) is 2.05. The van der Waals surface area contributed by atoms with Crippen LogP contribution in [0.15, 0.2) is 24.4 Å². The van der Waals surface area contributed by atoms with E-state index < -0.39 is 5.82 Å². The minimum atomic E-state index is -0.421. The number of hydrogen-bond donors (Lipinski definition) is 0. The molecule has 1 aromatic rings. The van der Waals surface area contributed by atoms with E-state index in [1.165, 1.54) is 12.3 Å². The van der Waals surface area contributed by atoms with Crippen LogP contribution in [0.2, 0.25) is 0 Å². The zero-order valence-electron chi connectivity index (χ0n) is 15.1. The van der Waals surface area contributed by atoms with E-state index in [1.807, 2.05) is 4.90 Å². The number of likely N-dealkylation sites (tertiary alicyclic amines) is 1. The first kappa shape index (κ1) is 17.3. The molecule has 0 radical (unpaired) electrons. The lowest BCUT2D eigenvalue weighted by molar-refractivity contribution is 0.0288. The van der Waals surface area contributed by atoms with Crippen molar-refractivity contribution >= 4 is 6.03 Å². The van der Waals surface area contributed by atoms with E-state index in [9.17, 15) is 9.18 Å². The molecule has 0 spiro atoms. The third kappa shape index (κ3) is 3.40. The number of urea groups is 1. The van der Waals surface area contributed by atoms with Crippen LogP contribution in [-0.4, -0.2) is 77.1 Å². The number of amides is 2. The largest absolute Gasteiger partial charge is 0.484 e. The van der Waals surface area contributed by atoms with Gasteiger partial charge >= 0.3 is 6.03 Å². The first-order valence-electron chi connectivity index (χ1n) is 9.34. The summed E-state index contributed by atoms with van der Waals surface area (Å²) in [5.41, 5.74) is 0.324. The molecule has 2 aliphatic heterocycles. The Kier molecular flexibility index (Phi) is 4.80. The minimum absolute atomic E-state index is 0.0715. The number of hydrogen-bond acceptors (Lipinski definition) is 4. The number of rotatable bonds is 3. The van der Waals surface area contributed by atoms with E-state index in [-0.39, 0.29) is 17.9 Å².